The van der Waals surface area contributed by atoms with E-state index in [2.05, 4.69) is 4.98 Å². The first-order valence-corrected chi connectivity index (χ1v) is 10.9. The number of ether oxygens (including phenoxy) is 1. The minimum atomic E-state index is -0.580. The number of hydrogen-bond donors (Lipinski definition) is 0. The summed E-state index contributed by atoms with van der Waals surface area (Å²) in [7, 11) is 1.60. The van der Waals surface area contributed by atoms with Crippen molar-refractivity contribution < 1.29 is 14.3 Å². The van der Waals surface area contributed by atoms with Gasteiger partial charge < -0.3 is 14.5 Å². The van der Waals surface area contributed by atoms with Gasteiger partial charge in [-0.1, -0.05) is 43.3 Å². The zero-order valence-corrected chi connectivity index (χ0v) is 18.4. The highest BCUT2D eigenvalue weighted by molar-refractivity contribution is 6.01. The zero-order chi connectivity index (χ0) is 22.5. The topological polar surface area (TPSA) is 62.7 Å². The van der Waals surface area contributed by atoms with Gasteiger partial charge in [0.2, 0.25) is 11.8 Å². The number of nitrogens with zero attached hydrogens (tertiary/aromatic N) is 3. The standard InChI is InChI=1S/C26H27N3O3/c1-3-25(30)28-16-17-29(22-10-6-7-11-24(22)32-2)26(31)23(28)18-20-8-4-5-9-21(20)19-12-14-27-15-13-19/h4-15,23H,3,16-18H2,1-2H3/t23-/m1/s1. The van der Waals surface area contributed by atoms with E-state index in [1.165, 1.54) is 0 Å². The summed E-state index contributed by atoms with van der Waals surface area (Å²) >= 11 is 0. The van der Waals surface area contributed by atoms with Crippen LogP contribution in [-0.2, 0) is 16.0 Å². The van der Waals surface area contributed by atoms with E-state index in [9.17, 15) is 9.59 Å². The molecule has 0 aliphatic carbocycles. The molecule has 1 aliphatic rings. The Bertz CT molecular complexity index is 1100. The second-order valence-corrected chi connectivity index (χ2v) is 7.72. The Labute approximate surface area is 188 Å². The van der Waals surface area contributed by atoms with Crippen molar-refractivity contribution in [2.75, 3.05) is 25.1 Å². The Morgan fingerprint density at radius 1 is 1.03 bits per heavy atom. The van der Waals surface area contributed by atoms with Crippen LogP contribution in [0.1, 0.15) is 18.9 Å². The van der Waals surface area contributed by atoms with Gasteiger partial charge in [-0.3, -0.25) is 14.6 Å². The number of rotatable bonds is 6. The van der Waals surface area contributed by atoms with Gasteiger partial charge in [0.1, 0.15) is 11.8 Å². The molecule has 2 amide bonds. The lowest BCUT2D eigenvalue weighted by Gasteiger charge is -2.41. The van der Waals surface area contributed by atoms with Gasteiger partial charge in [-0.05, 0) is 41.0 Å². The molecule has 1 aliphatic heterocycles. The average Bonchev–Trinajstić information content (AvgIpc) is 2.85. The van der Waals surface area contributed by atoms with E-state index >= 15 is 0 Å². The lowest BCUT2D eigenvalue weighted by atomic mass is 9.93. The number of amides is 2. The van der Waals surface area contributed by atoms with Crippen LogP contribution in [0.2, 0.25) is 0 Å². The van der Waals surface area contributed by atoms with Gasteiger partial charge in [0.25, 0.3) is 0 Å². The van der Waals surface area contributed by atoms with E-state index in [1.54, 1.807) is 29.3 Å². The molecule has 1 saturated heterocycles. The molecule has 6 heteroatoms. The number of anilines is 1. The first-order valence-electron chi connectivity index (χ1n) is 10.9. The average molecular weight is 430 g/mol. The number of aromatic nitrogens is 1. The summed E-state index contributed by atoms with van der Waals surface area (Å²) in [6, 6.07) is 18.9. The van der Waals surface area contributed by atoms with Crippen molar-refractivity contribution in [3.8, 4) is 16.9 Å². The number of para-hydroxylation sites is 2. The number of piperazine rings is 1. The van der Waals surface area contributed by atoms with Crippen LogP contribution in [0, 0.1) is 0 Å². The van der Waals surface area contributed by atoms with Crippen molar-refractivity contribution in [2.45, 2.75) is 25.8 Å². The van der Waals surface area contributed by atoms with Gasteiger partial charge in [-0.2, -0.15) is 0 Å². The van der Waals surface area contributed by atoms with Crippen molar-refractivity contribution in [3.05, 3.63) is 78.6 Å². The Kier molecular flexibility index (Phi) is 6.50. The largest absolute Gasteiger partial charge is 0.495 e. The molecule has 1 fully saturated rings. The van der Waals surface area contributed by atoms with E-state index in [4.69, 9.17) is 4.74 Å². The maximum atomic E-state index is 13.7. The number of hydrogen-bond acceptors (Lipinski definition) is 4. The molecule has 0 unspecified atom stereocenters. The molecule has 2 heterocycles. The molecule has 164 valence electrons. The van der Waals surface area contributed by atoms with Crippen LogP contribution in [-0.4, -0.2) is 47.9 Å². The van der Waals surface area contributed by atoms with Crippen LogP contribution in [0.4, 0.5) is 5.69 Å². The zero-order valence-electron chi connectivity index (χ0n) is 18.4. The number of carbonyl (C=O) groups excluding carboxylic acids is 2. The molecule has 0 spiro atoms. The van der Waals surface area contributed by atoms with Crippen molar-refractivity contribution in [1.82, 2.24) is 9.88 Å². The van der Waals surface area contributed by atoms with Crippen LogP contribution in [0.25, 0.3) is 11.1 Å². The van der Waals surface area contributed by atoms with Crippen molar-refractivity contribution in [3.63, 3.8) is 0 Å². The number of benzene rings is 2. The maximum absolute atomic E-state index is 13.7. The molecule has 0 bridgehead atoms. The van der Waals surface area contributed by atoms with Gasteiger partial charge >= 0.3 is 0 Å². The fraction of sp³-hybridized carbons (Fsp3) is 0.269. The highest BCUT2D eigenvalue weighted by Gasteiger charge is 2.38. The Morgan fingerprint density at radius 3 is 2.50 bits per heavy atom. The third-order valence-electron chi connectivity index (χ3n) is 5.91. The third-order valence-corrected chi connectivity index (χ3v) is 5.91. The Balaban J connectivity index is 1.71. The second kappa shape index (κ2) is 9.64. The number of pyridine rings is 1. The van der Waals surface area contributed by atoms with Crippen LogP contribution in [0.5, 0.6) is 5.75 Å². The monoisotopic (exact) mass is 429 g/mol. The third kappa shape index (κ3) is 4.21. The molecule has 0 N–H and O–H groups in total. The number of carbonyl (C=O) groups is 2. The van der Waals surface area contributed by atoms with Crippen molar-refractivity contribution >= 4 is 17.5 Å². The van der Waals surface area contributed by atoms with Gasteiger partial charge in [0.05, 0.1) is 12.8 Å². The molecule has 6 nitrogen and oxygen atoms in total. The second-order valence-electron chi connectivity index (χ2n) is 7.72. The molecule has 3 aromatic rings. The molecular formula is C26H27N3O3. The lowest BCUT2D eigenvalue weighted by molar-refractivity contribution is -0.141. The Morgan fingerprint density at radius 2 is 1.75 bits per heavy atom. The predicted octanol–water partition coefficient (Wildman–Crippen LogP) is 3.95. The maximum Gasteiger partial charge on any atom is 0.250 e. The van der Waals surface area contributed by atoms with Crippen LogP contribution < -0.4 is 9.64 Å². The summed E-state index contributed by atoms with van der Waals surface area (Å²) in [6.45, 7) is 2.76. The van der Waals surface area contributed by atoms with Crippen molar-refractivity contribution in [1.29, 1.82) is 0 Å². The lowest BCUT2D eigenvalue weighted by Crippen LogP contribution is -2.59. The van der Waals surface area contributed by atoms with E-state index in [-0.39, 0.29) is 11.8 Å². The smallest absolute Gasteiger partial charge is 0.250 e. The van der Waals surface area contributed by atoms with Gasteiger partial charge in [-0.15, -0.1) is 0 Å². The quantitative estimate of drug-likeness (QED) is 0.595. The van der Waals surface area contributed by atoms with E-state index in [0.717, 1.165) is 22.4 Å². The molecular weight excluding hydrogens is 402 g/mol. The first-order chi connectivity index (χ1) is 15.6. The fourth-order valence-corrected chi connectivity index (χ4v) is 4.30. The highest BCUT2D eigenvalue weighted by atomic mass is 16.5. The van der Waals surface area contributed by atoms with Crippen molar-refractivity contribution in [2.24, 2.45) is 0 Å². The highest BCUT2D eigenvalue weighted by Crippen LogP contribution is 2.32. The molecule has 0 radical (unpaired) electrons. The SMILES string of the molecule is CCC(=O)N1CCN(c2ccccc2OC)C(=O)[C@H]1Cc1ccccc1-c1ccncc1. The summed E-state index contributed by atoms with van der Waals surface area (Å²) < 4.78 is 5.49. The summed E-state index contributed by atoms with van der Waals surface area (Å²) in [5.74, 6) is 0.545. The summed E-state index contributed by atoms with van der Waals surface area (Å²) in [4.78, 5) is 34.1. The van der Waals surface area contributed by atoms with E-state index in [0.29, 0.717) is 31.7 Å². The van der Waals surface area contributed by atoms with E-state index in [1.807, 2.05) is 67.6 Å². The normalized spacial score (nSPS) is 16.2. The van der Waals surface area contributed by atoms with Crippen LogP contribution in [0.3, 0.4) is 0 Å². The molecule has 1 atom stereocenters. The van der Waals surface area contributed by atoms with Gasteiger partial charge in [0.15, 0.2) is 0 Å². The van der Waals surface area contributed by atoms with Crippen LogP contribution >= 0.6 is 0 Å². The van der Waals surface area contributed by atoms with Gasteiger partial charge in [0, 0.05) is 38.3 Å². The predicted molar refractivity (Wildman–Crippen MR) is 125 cm³/mol. The minimum Gasteiger partial charge on any atom is -0.495 e. The molecule has 1 aromatic heterocycles. The molecule has 0 saturated carbocycles. The van der Waals surface area contributed by atoms with Crippen LogP contribution in [0.15, 0.2) is 73.1 Å². The Hall–Kier alpha value is -3.67. The summed E-state index contributed by atoms with van der Waals surface area (Å²) in [6.07, 6.45) is 4.32. The minimum absolute atomic E-state index is 0.00980. The fourth-order valence-electron chi connectivity index (χ4n) is 4.30. The molecule has 32 heavy (non-hydrogen) atoms. The summed E-state index contributed by atoms with van der Waals surface area (Å²) in [5, 5.41) is 0. The molecule has 2 aromatic carbocycles. The van der Waals surface area contributed by atoms with Gasteiger partial charge in [-0.25, -0.2) is 0 Å². The molecule has 4 rings (SSSR count). The summed E-state index contributed by atoms with van der Waals surface area (Å²) in [5.41, 5.74) is 3.83. The van der Waals surface area contributed by atoms with E-state index < -0.39 is 6.04 Å². The first kappa shape index (κ1) is 21.6. The number of methoxy groups -OCH3 is 1.